The van der Waals surface area contributed by atoms with Gasteiger partial charge >= 0.3 is 0 Å². The van der Waals surface area contributed by atoms with Gasteiger partial charge in [0.25, 0.3) is 0 Å². The van der Waals surface area contributed by atoms with Crippen molar-refractivity contribution in [1.29, 1.82) is 0 Å². The summed E-state index contributed by atoms with van der Waals surface area (Å²) < 4.78 is 3.19. The molecule has 1 heterocycles. The fourth-order valence-corrected chi connectivity index (χ4v) is 2.67. The molecule has 0 aliphatic heterocycles. The number of pyridine rings is 1. The number of aromatic nitrogens is 1. The van der Waals surface area contributed by atoms with Gasteiger partial charge in [0, 0.05) is 17.3 Å². The molecule has 0 radical (unpaired) electrons. The molecule has 0 atom stereocenters. The molecular weight excluding hydrogens is 268 g/mol. The Morgan fingerprint density at radius 3 is 2.75 bits per heavy atom. The van der Waals surface area contributed by atoms with E-state index in [1.165, 1.54) is 22.7 Å². The van der Waals surface area contributed by atoms with Crippen LogP contribution in [-0.2, 0) is 0 Å². The van der Waals surface area contributed by atoms with E-state index in [9.17, 15) is 4.79 Å². The van der Waals surface area contributed by atoms with Crippen LogP contribution in [0.5, 0.6) is 0 Å². The topological polar surface area (TPSA) is 42.0 Å². The summed E-state index contributed by atoms with van der Waals surface area (Å²) in [6, 6.07) is 16.3. The van der Waals surface area contributed by atoms with Crippen LogP contribution in [-0.4, -0.2) is 11.3 Å². The molecule has 98 valence electrons. The van der Waals surface area contributed by atoms with Crippen molar-refractivity contribution in [2.75, 3.05) is 4.72 Å². The Morgan fingerprint density at radius 2 is 1.90 bits per heavy atom. The predicted octanol–water partition coefficient (Wildman–Crippen LogP) is 4.17. The molecule has 3 rings (SSSR count). The van der Waals surface area contributed by atoms with Crippen LogP contribution in [0.3, 0.4) is 0 Å². The van der Waals surface area contributed by atoms with Crippen molar-refractivity contribution in [3.05, 3.63) is 66.5 Å². The van der Waals surface area contributed by atoms with E-state index in [1.807, 2.05) is 12.1 Å². The van der Waals surface area contributed by atoms with Crippen LogP contribution in [0.15, 0.2) is 65.8 Å². The minimum atomic E-state index is 0.556. The molecule has 0 saturated heterocycles. The standard InChI is InChI=1S/C16H12N2OS/c19-11-14-10-17-8-7-16(14)18-20-15-6-5-12-3-1-2-4-13(12)9-15/h1-11H,(H,17,18). The van der Waals surface area contributed by atoms with E-state index >= 15 is 0 Å². The molecule has 4 heteroatoms. The Hall–Kier alpha value is -2.33. The first-order valence-electron chi connectivity index (χ1n) is 6.18. The molecule has 1 aromatic heterocycles. The molecule has 0 spiro atoms. The average Bonchev–Trinajstić information content (AvgIpc) is 2.53. The van der Waals surface area contributed by atoms with Crippen LogP contribution in [0.25, 0.3) is 10.8 Å². The van der Waals surface area contributed by atoms with Crippen LogP contribution >= 0.6 is 11.9 Å². The van der Waals surface area contributed by atoms with Crippen molar-refractivity contribution in [2.45, 2.75) is 4.90 Å². The molecule has 0 saturated carbocycles. The number of hydrogen-bond acceptors (Lipinski definition) is 4. The number of aldehydes is 1. The monoisotopic (exact) mass is 280 g/mol. The third-order valence-corrected chi connectivity index (χ3v) is 3.79. The maximum atomic E-state index is 10.9. The first kappa shape index (κ1) is 12.7. The first-order valence-corrected chi connectivity index (χ1v) is 6.99. The second-order valence-corrected chi connectivity index (χ2v) is 5.17. The molecule has 1 N–H and O–H groups in total. The molecule has 0 unspecified atom stereocenters. The van der Waals surface area contributed by atoms with Gasteiger partial charge in [-0.15, -0.1) is 0 Å². The highest BCUT2D eigenvalue weighted by Gasteiger charge is 2.02. The summed E-state index contributed by atoms with van der Waals surface area (Å²) in [5.74, 6) is 0. The lowest BCUT2D eigenvalue weighted by molar-refractivity contribution is 0.112. The van der Waals surface area contributed by atoms with E-state index in [0.29, 0.717) is 5.56 Å². The second kappa shape index (κ2) is 5.75. The van der Waals surface area contributed by atoms with Crippen molar-refractivity contribution in [2.24, 2.45) is 0 Å². The summed E-state index contributed by atoms with van der Waals surface area (Å²) in [5, 5.41) is 2.42. The van der Waals surface area contributed by atoms with E-state index in [4.69, 9.17) is 0 Å². The van der Waals surface area contributed by atoms with Crippen LogP contribution < -0.4 is 4.72 Å². The lowest BCUT2D eigenvalue weighted by atomic mass is 10.1. The van der Waals surface area contributed by atoms with Gasteiger partial charge in [0.05, 0.1) is 11.3 Å². The lowest BCUT2D eigenvalue weighted by Crippen LogP contribution is -1.93. The molecule has 0 bridgehead atoms. The zero-order valence-corrected chi connectivity index (χ0v) is 11.4. The van der Waals surface area contributed by atoms with Gasteiger partial charge in [-0.05, 0) is 40.9 Å². The molecule has 2 aromatic carbocycles. The first-order chi connectivity index (χ1) is 9.86. The zero-order valence-electron chi connectivity index (χ0n) is 10.6. The molecule has 3 nitrogen and oxygen atoms in total. The van der Waals surface area contributed by atoms with Gasteiger partial charge in [-0.25, -0.2) is 0 Å². The Balaban J connectivity index is 1.81. The number of carbonyl (C=O) groups is 1. The van der Waals surface area contributed by atoms with Crippen molar-refractivity contribution < 1.29 is 4.79 Å². The van der Waals surface area contributed by atoms with Gasteiger partial charge in [-0.2, -0.15) is 0 Å². The number of nitrogens with zero attached hydrogens (tertiary/aromatic N) is 1. The van der Waals surface area contributed by atoms with Gasteiger partial charge in [-0.1, -0.05) is 30.3 Å². The van der Waals surface area contributed by atoms with Crippen LogP contribution in [0, 0.1) is 0 Å². The molecule has 3 aromatic rings. The summed E-state index contributed by atoms with van der Waals surface area (Å²) in [6.07, 6.45) is 4.02. The van der Waals surface area contributed by atoms with Crippen molar-refractivity contribution in [1.82, 2.24) is 4.98 Å². The van der Waals surface area contributed by atoms with Gasteiger partial charge < -0.3 is 4.72 Å². The molecular formula is C16H12N2OS. The van der Waals surface area contributed by atoms with E-state index < -0.39 is 0 Å². The fourth-order valence-electron chi connectivity index (χ4n) is 1.94. The van der Waals surface area contributed by atoms with Crippen LogP contribution in [0.4, 0.5) is 5.69 Å². The van der Waals surface area contributed by atoms with Crippen LogP contribution in [0.1, 0.15) is 10.4 Å². The van der Waals surface area contributed by atoms with E-state index in [-0.39, 0.29) is 0 Å². The van der Waals surface area contributed by atoms with Crippen LogP contribution in [0.2, 0.25) is 0 Å². The van der Waals surface area contributed by atoms with E-state index in [2.05, 4.69) is 40.0 Å². The summed E-state index contributed by atoms with van der Waals surface area (Å²) in [5.41, 5.74) is 1.33. The summed E-state index contributed by atoms with van der Waals surface area (Å²) >= 11 is 1.48. The minimum Gasteiger partial charge on any atom is -0.325 e. The fraction of sp³-hybridized carbons (Fsp3) is 0. The largest absolute Gasteiger partial charge is 0.325 e. The number of fused-ring (bicyclic) bond motifs is 1. The van der Waals surface area contributed by atoms with Crippen molar-refractivity contribution in [3.63, 3.8) is 0 Å². The average molecular weight is 280 g/mol. The molecule has 0 aliphatic carbocycles. The number of carbonyl (C=O) groups excluding carboxylic acids is 1. The predicted molar refractivity (Wildman–Crippen MR) is 83.1 cm³/mol. The maximum Gasteiger partial charge on any atom is 0.153 e. The van der Waals surface area contributed by atoms with E-state index in [0.717, 1.165) is 16.9 Å². The third kappa shape index (κ3) is 2.65. The van der Waals surface area contributed by atoms with Gasteiger partial charge in [-0.3, -0.25) is 9.78 Å². The molecule has 0 aliphatic rings. The smallest absolute Gasteiger partial charge is 0.153 e. The van der Waals surface area contributed by atoms with E-state index in [1.54, 1.807) is 18.5 Å². The van der Waals surface area contributed by atoms with Crippen molar-refractivity contribution >= 4 is 34.7 Å². The lowest BCUT2D eigenvalue weighted by Gasteiger charge is -2.08. The summed E-state index contributed by atoms with van der Waals surface area (Å²) in [4.78, 5) is 16.0. The molecule has 20 heavy (non-hydrogen) atoms. The van der Waals surface area contributed by atoms with Gasteiger partial charge in [0.2, 0.25) is 0 Å². The normalized spacial score (nSPS) is 10.4. The molecule has 0 amide bonds. The van der Waals surface area contributed by atoms with Gasteiger partial charge in [0.15, 0.2) is 6.29 Å². The number of rotatable bonds is 4. The second-order valence-electron chi connectivity index (χ2n) is 4.29. The number of anilines is 1. The Kier molecular flexibility index (Phi) is 3.65. The Labute approximate surface area is 121 Å². The van der Waals surface area contributed by atoms with Gasteiger partial charge in [0.1, 0.15) is 0 Å². The zero-order chi connectivity index (χ0) is 13.8. The third-order valence-electron chi connectivity index (χ3n) is 2.98. The number of hydrogen-bond donors (Lipinski definition) is 1. The highest BCUT2D eigenvalue weighted by molar-refractivity contribution is 8.00. The summed E-state index contributed by atoms with van der Waals surface area (Å²) in [7, 11) is 0. The highest BCUT2D eigenvalue weighted by atomic mass is 32.2. The minimum absolute atomic E-state index is 0.556. The molecule has 0 fully saturated rings. The number of nitrogens with one attached hydrogen (secondary N) is 1. The SMILES string of the molecule is O=Cc1cnccc1NSc1ccc2ccccc2c1. The maximum absolute atomic E-state index is 10.9. The summed E-state index contributed by atoms with van der Waals surface area (Å²) in [6.45, 7) is 0. The Morgan fingerprint density at radius 1 is 1.05 bits per heavy atom. The van der Waals surface area contributed by atoms with Crippen molar-refractivity contribution in [3.8, 4) is 0 Å². The Bertz CT molecular complexity index is 758. The number of benzene rings is 2. The highest BCUT2D eigenvalue weighted by Crippen LogP contribution is 2.25. The quantitative estimate of drug-likeness (QED) is 0.575.